The van der Waals surface area contributed by atoms with Crippen LogP contribution in [0.3, 0.4) is 0 Å². The van der Waals surface area contributed by atoms with E-state index in [-0.39, 0.29) is 11.9 Å². The van der Waals surface area contributed by atoms with Gasteiger partial charge in [-0.2, -0.15) is 0 Å². The number of thiophene rings is 1. The molecule has 1 aliphatic rings. The molecule has 4 nitrogen and oxygen atoms in total. The molecule has 1 aromatic heterocycles. The van der Waals surface area contributed by atoms with E-state index in [1.165, 1.54) is 17.4 Å². The van der Waals surface area contributed by atoms with Crippen molar-refractivity contribution in [3.05, 3.63) is 28.5 Å². The quantitative estimate of drug-likeness (QED) is 0.654. The highest BCUT2D eigenvalue weighted by Crippen LogP contribution is 2.18. The van der Waals surface area contributed by atoms with Gasteiger partial charge in [-0.1, -0.05) is 6.07 Å². The molecule has 0 bridgehead atoms. The Morgan fingerprint density at radius 3 is 2.94 bits per heavy atom. The minimum absolute atomic E-state index is 0.227. The van der Waals surface area contributed by atoms with E-state index in [1.54, 1.807) is 13.0 Å². The van der Waals surface area contributed by atoms with Crippen LogP contribution in [0.15, 0.2) is 23.6 Å². The van der Waals surface area contributed by atoms with E-state index in [9.17, 15) is 9.59 Å². The van der Waals surface area contributed by atoms with Gasteiger partial charge in [0, 0.05) is 17.0 Å². The lowest BCUT2D eigenvalue weighted by Crippen LogP contribution is -2.36. The second kappa shape index (κ2) is 5.82. The summed E-state index contributed by atoms with van der Waals surface area (Å²) in [5, 5.41) is 4.72. The van der Waals surface area contributed by atoms with Crippen LogP contribution >= 0.6 is 11.3 Å². The van der Waals surface area contributed by atoms with Crippen LogP contribution in [-0.4, -0.2) is 24.0 Å². The van der Waals surface area contributed by atoms with E-state index in [0.717, 1.165) is 17.7 Å². The SMILES string of the molecule is C[C@@H](OC(=O)/C=C/c1cccs1)C(=O)NC1CC1. The molecule has 0 saturated heterocycles. The number of carbonyl (C=O) groups excluding carboxylic acids is 2. The van der Waals surface area contributed by atoms with Crippen molar-refractivity contribution in [3.63, 3.8) is 0 Å². The molecule has 1 aromatic rings. The van der Waals surface area contributed by atoms with Crippen molar-refractivity contribution in [1.82, 2.24) is 5.32 Å². The van der Waals surface area contributed by atoms with E-state index in [4.69, 9.17) is 4.74 Å². The summed E-state index contributed by atoms with van der Waals surface area (Å²) < 4.78 is 5.01. The Morgan fingerprint density at radius 2 is 2.33 bits per heavy atom. The van der Waals surface area contributed by atoms with Crippen LogP contribution < -0.4 is 5.32 Å². The summed E-state index contributed by atoms with van der Waals surface area (Å²) in [5.41, 5.74) is 0. The first kappa shape index (κ1) is 12.8. The molecule has 0 aliphatic heterocycles. The molecule has 18 heavy (non-hydrogen) atoms. The highest BCUT2D eigenvalue weighted by Gasteiger charge is 2.26. The number of esters is 1. The van der Waals surface area contributed by atoms with Gasteiger partial charge in [0.25, 0.3) is 5.91 Å². The molecule has 0 aromatic carbocycles. The molecule has 0 radical (unpaired) electrons. The van der Waals surface area contributed by atoms with E-state index >= 15 is 0 Å². The Kier molecular flexibility index (Phi) is 4.15. The van der Waals surface area contributed by atoms with Crippen molar-refractivity contribution < 1.29 is 14.3 Å². The summed E-state index contributed by atoms with van der Waals surface area (Å²) in [4.78, 5) is 24.0. The smallest absolute Gasteiger partial charge is 0.331 e. The molecular formula is C13H15NO3S. The number of rotatable bonds is 5. The molecule has 1 saturated carbocycles. The molecule has 0 spiro atoms. The van der Waals surface area contributed by atoms with Gasteiger partial charge >= 0.3 is 5.97 Å². The van der Waals surface area contributed by atoms with Crippen LogP contribution in [0.1, 0.15) is 24.6 Å². The third-order valence-electron chi connectivity index (χ3n) is 2.51. The average molecular weight is 265 g/mol. The molecule has 1 N–H and O–H groups in total. The zero-order chi connectivity index (χ0) is 13.0. The molecule has 1 aliphatic carbocycles. The maximum Gasteiger partial charge on any atom is 0.331 e. The topological polar surface area (TPSA) is 55.4 Å². The summed E-state index contributed by atoms with van der Waals surface area (Å²) in [6.45, 7) is 1.58. The predicted octanol–water partition coefficient (Wildman–Crippen LogP) is 1.97. The number of amides is 1. The van der Waals surface area contributed by atoms with Crippen LogP contribution in [0, 0.1) is 0 Å². The van der Waals surface area contributed by atoms with Gasteiger partial charge in [0.1, 0.15) is 0 Å². The Labute approximate surface area is 110 Å². The summed E-state index contributed by atoms with van der Waals surface area (Å²) in [6.07, 6.45) is 4.31. The number of ether oxygens (including phenoxy) is 1. The molecule has 1 heterocycles. The van der Waals surface area contributed by atoms with Crippen molar-refractivity contribution >= 4 is 29.3 Å². The lowest BCUT2D eigenvalue weighted by molar-refractivity contribution is -0.150. The summed E-state index contributed by atoms with van der Waals surface area (Å²) in [5.74, 6) is -0.725. The van der Waals surface area contributed by atoms with Crippen LogP contribution in [0.25, 0.3) is 6.08 Å². The zero-order valence-corrected chi connectivity index (χ0v) is 10.9. The van der Waals surface area contributed by atoms with E-state index in [0.29, 0.717) is 0 Å². The number of carbonyl (C=O) groups is 2. The molecule has 96 valence electrons. The number of hydrogen-bond donors (Lipinski definition) is 1. The van der Waals surface area contributed by atoms with Crippen LogP contribution in [-0.2, 0) is 14.3 Å². The third-order valence-corrected chi connectivity index (χ3v) is 3.35. The molecular weight excluding hydrogens is 250 g/mol. The predicted molar refractivity (Wildman–Crippen MR) is 70.1 cm³/mol. The Hall–Kier alpha value is -1.62. The zero-order valence-electron chi connectivity index (χ0n) is 10.1. The molecule has 0 unspecified atom stereocenters. The normalized spacial score (nSPS) is 16.5. The van der Waals surface area contributed by atoms with Gasteiger partial charge in [0.2, 0.25) is 0 Å². The summed E-state index contributed by atoms with van der Waals surface area (Å²) in [6, 6.07) is 4.08. The van der Waals surface area contributed by atoms with E-state index in [2.05, 4.69) is 5.32 Å². The van der Waals surface area contributed by atoms with Crippen LogP contribution in [0.4, 0.5) is 0 Å². The molecule has 2 rings (SSSR count). The number of hydrogen-bond acceptors (Lipinski definition) is 4. The van der Waals surface area contributed by atoms with Crippen molar-refractivity contribution in [2.24, 2.45) is 0 Å². The first-order valence-corrected chi connectivity index (χ1v) is 6.75. The molecule has 1 atom stereocenters. The van der Waals surface area contributed by atoms with Gasteiger partial charge in [-0.25, -0.2) is 4.79 Å². The fourth-order valence-corrected chi connectivity index (χ4v) is 1.97. The van der Waals surface area contributed by atoms with E-state index in [1.807, 2.05) is 17.5 Å². The Morgan fingerprint density at radius 1 is 1.56 bits per heavy atom. The fourth-order valence-electron chi connectivity index (χ4n) is 1.35. The third kappa shape index (κ3) is 4.00. The maximum absolute atomic E-state index is 11.6. The van der Waals surface area contributed by atoms with Crippen molar-refractivity contribution in [2.75, 3.05) is 0 Å². The molecule has 1 amide bonds. The molecule has 5 heteroatoms. The fraction of sp³-hybridized carbons (Fsp3) is 0.385. The maximum atomic E-state index is 11.6. The second-order valence-electron chi connectivity index (χ2n) is 4.21. The van der Waals surface area contributed by atoms with Gasteiger partial charge in [-0.3, -0.25) is 4.79 Å². The van der Waals surface area contributed by atoms with Gasteiger partial charge in [0.05, 0.1) is 0 Å². The van der Waals surface area contributed by atoms with Crippen molar-refractivity contribution in [1.29, 1.82) is 0 Å². The molecule has 1 fully saturated rings. The van der Waals surface area contributed by atoms with E-state index < -0.39 is 12.1 Å². The van der Waals surface area contributed by atoms with Crippen molar-refractivity contribution in [2.45, 2.75) is 31.9 Å². The Bertz CT molecular complexity index is 449. The van der Waals surface area contributed by atoms with Gasteiger partial charge in [-0.15, -0.1) is 11.3 Å². The van der Waals surface area contributed by atoms with Crippen LogP contribution in [0.2, 0.25) is 0 Å². The van der Waals surface area contributed by atoms with Gasteiger partial charge in [0.15, 0.2) is 6.10 Å². The minimum Gasteiger partial charge on any atom is -0.449 e. The summed E-state index contributed by atoms with van der Waals surface area (Å²) in [7, 11) is 0. The van der Waals surface area contributed by atoms with Crippen molar-refractivity contribution in [3.8, 4) is 0 Å². The monoisotopic (exact) mass is 265 g/mol. The van der Waals surface area contributed by atoms with Gasteiger partial charge < -0.3 is 10.1 Å². The average Bonchev–Trinajstić information content (AvgIpc) is 2.99. The number of nitrogens with one attached hydrogen (secondary N) is 1. The standard InChI is InChI=1S/C13H15NO3S/c1-9(13(16)14-10-4-5-10)17-12(15)7-6-11-3-2-8-18-11/h2-3,6-10H,4-5H2,1H3,(H,14,16)/b7-6+/t9-/m1/s1. The van der Waals surface area contributed by atoms with Crippen LogP contribution in [0.5, 0.6) is 0 Å². The minimum atomic E-state index is -0.744. The first-order chi connectivity index (χ1) is 8.65. The lowest BCUT2D eigenvalue weighted by atomic mass is 10.3. The Balaban J connectivity index is 1.77. The highest BCUT2D eigenvalue weighted by molar-refractivity contribution is 7.10. The lowest BCUT2D eigenvalue weighted by Gasteiger charge is -2.11. The first-order valence-electron chi connectivity index (χ1n) is 5.88. The highest BCUT2D eigenvalue weighted by atomic mass is 32.1. The second-order valence-corrected chi connectivity index (χ2v) is 5.19. The summed E-state index contributed by atoms with van der Waals surface area (Å²) >= 11 is 1.53. The largest absolute Gasteiger partial charge is 0.449 e. The van der Waals surface area contributed by atoms with Gasteiger partial charge in [-0.05, 0) is 37.3 Å².